The lowest BCUT2D eigenvalue weighted by Crippen LogP contribution is -2.47. The largest absolute Gasteiger partial charge is 0.497 e. The summed E-state index contributed by atoms with van der Waals surface area (Å²) in [5, 5.41) is 13.1. The van der Waals surface area contributed by atoms with E-state index in [-0.39, 0.29) is 11.5 Å². The van der Waals surface area contributed by atoms with Crippen LogP contribution >= 0.6 is 0 Å². The highest BCUT2D eigenvalue weighted by atomic mass is 16.5. The summed E-state index contributed by atoms with van der Waals surface area (Å²) in [5.74, 6) is 0.890. The van der Waals surface area contributed by atoms with Gasteiger partial charge in [-0.1, -0.05) is 24.3 Å². The van der Waals surface area contributed by atoms with Crippen LogP contribution in [0.25, 0.3) is 0 Å². The molecule has 2 aromatic carbocycles. The summed E-state index contributed by atoms with van der Waals surface area (Å²) in [6, 6.07) is 17.0. The number of ether oxygens (including phenoxy) is 2. The SMILES string of the molecule is COc1ccc2c(c1)C(OC)C1(CCNC(Cc3ccccc3C#N)C1)C2. The summed E-state index contributed by atoms with van der Waals surface area (Å²) < 4.78 is 11.5. The van der Waals surface area contributed by atoms with Gasteiger partial charge >= 0.3 is 0 Å². The van der Waals surface area contributed by atoms with Gasteiger partial charge in [-0.25, -0.2) is 0 Å². The number of hydrogen-bond acceptors (Lipinski definition) is 4. The highest BCUT2D eigenvalue weighted by Crippen LogP contribution is 2.54. The quantitative estimate of drug-likeness (QED) is 0.899. The molecule has 1 saturated heterocycles. The third kappa shape index (κ3) is 3.22. The molecule has 4 nitrogen and oxygen atoms in total. The Labute approximate surface area is 161 Å². The van der Waals surface area contributed by atoms with E-state index in [9.17, 15) is 5.26 Å². The van der Waals surface area contributed by atoms with E-state index in [2.05, 4.69) is 29.6 Å². The number of fused-ring (bicyclic) bond motifs is 1. The first-order valence-electron chi connectivity index (χ1n) is 9.60. The topological polar surface area (TPSA) is 54.3 Å². The van der Waals surface area contributed by atoms with Crippen LogP contribution in [-0.2, 0) is 17.6 Å². The maximum atomic E-state index is 9.40. The predicted molar refractivity (Wildman–Crippen MR) is 105 cm³/mol. The summed E-state index contributed by atoms with van der Waals surface area (Å²) in [6.07, 6.45) is 4.16. The van der Waals surface area contributed by atoms with Gasteiger partial charge in [0.25, 0.3) is 0 Å². The first kappa shape index (κ1) is 18.0. The summed E-state index contributed by atoms with van der Waals surface area (Å²) in [7, 11) is 3.53. The van der Waals surface area contributed by atoms with Crippen molar-refractivity contribution in [2.24, 2.45) is 5.41 Å². The minimum absolute atomic E-state index is 0.0958. The van der Waals surface area contributed by atoms with Crippen molar-refractivity contribution in [1.82, 2.24) is 5.32 Å². The van der Waals surface area contributed by atoms with Crippen LogP contribution < -0.4 is 10.1 Å². The summed E-state index contributed by atoms with van der Waals surface area (Å²) in [4.78, 5) is 0. The second-order valence-corrected chi connectivity index (χ2v) is 7.80. The van der Waals surface area contributed by atoms with Gasteiger partial charge in [0.2, 0.25) is 0 Å². The average Bonchev–Trinajstić information content (AvgIpc) is 2.99. The van der Waals surface area contributed by atoms with Crippen LogP contribution in [0.4, 0.5) is 0 Å². The standard InChI is InChI=1S/C23H26N2O2/c1-26-20-8-7-17-13-23(22(27-2)21(17)12-20)9-10-25-19(14-23)11-16-5-3-4-6-18(16)15-24/h3-8,12,19,22,25H,9-11,13-14H2,1-2H3. The van der Waals surface area contributed by atoms with E-state index in [0.717, 1.165) is 49.1 Å². The highest BCUT2D eigenvalue weighted by Gasteiger charge is 2.49. The van der Waals surface area contributed by atoms with Crippen molar-refractivity contribution in [1.29, 1.82) is 5.26 Å². The van der Waals surface area contributed by atoms with Gasteiger partial charge in [-0.2, -0.15) is 5.26 Å². The molecule has 1 N–H and O–H groups in total. The van der Waals surface area contributed by atoms with Crippen molar-refractivity contribution in [3.8, 4) is 11.8 Å². The number of benzene rings is 2. The molecule has 0 radical (unpaired) electrons. The molecule has 3 unspecified atom stereocenters. The first-order valence-corrected chi connectivity index (χ1v) is 9.60. The normalized spacial score (nSPS) is 26.6. The molecule has 27 heavy (non-hydrogen) atoms. The van der Waals surface area contributed by atoms with Crippen molar-refractivity contribution in [2.75, 3.05) is 20.8 Å². The smallest absolute Gasteiger partial charge is 0.119 e. The Morgan fingerprint density at radius 1 is 1.22 bits per heavy atom. The van der Waals surface area contributed by atoms with E-state index in [1.54, 1.807) is 7.11 Å². The maximum absolute atomic E-state index is 9.40. The summed E-state index contributed by atoms with van der Waals surface area (Å²) in [6.45, 7) is 0.977. The Morgan fingerprint density at radius 3 is 2.85 bits per heavy atom. The van der Waals surface area contributed by atoms with Crippen molar-refractivity contribution in [3.63, 3.8) is 0 Å². The molecular formula is C23H26N2O2. The molecule has 1 aliphatic carbocycles. The minimum atomic E-state index is 0.0958. The van der Waals surface area contributed by atoms with Crippen LogP contribution in [0.2, 0.25) is 0 Å². The van der Waals surface area contributed by atoms with E-state index in [0.29, 0.717) is 6.04 Å². The summed E-state index contributed by atoms with van der Waals surface area (Å²) in [5.41, 5.74) is 4.67. The van der Waals surface area contributed by atoms with Gasteiger partial charge in [0.05, 0.1) is 24.8 Å². The molecule has 1 spiro atoms. The molecule has 1 heterocycles. The van der Waals surface area contributed by atoms with Crippen LogP contribution in [0.15, 0.2) is 42.5 Å². The lowest BCUT2D eigenvalue weighted by atomic mass is 9.71. The first-order chi connectivity index (χ1) is 13.2. The molecule has 2 aliphatic rings. The molecule has 1 fully saturated rings. The minimum Gasteiger partial charge on any atom is -0.497 e. The second kappa shape index (κ2) is 7.34. The Balaban J connectivity index is 1.59. The molecule has 0 aromatic heterocycles. The molecule has 2 aromatic rings. The van der Waals surface area contributed by atoms with Crippen LogP contribution in [0.3, 0.4) is 0 Å². The van der Waals surface area contributed by atoms with Gasteiger partial charge in [-0.3, -0.25) is 0 Å². The fourth-order valence-corrected chi connectivity index (χ4v) is 5.09. The highest BCUT2D eigenvalue weighted by molar-refractivity contribution is 5.43. The third-order valence-electron chi connectivity index (χ3n) is 6.28. The van der Waals surface area contributed by atoms with Crippen LogP contribution in [-0.4, -0.2) is 26.8 Å². The van der Waals surface area contributed by atoms with Gasteiger partial charge in [0, 0.05) is 18.6 Å². The van der Waals surface area contributed by atoms with Crippen molar-refractivity contribution < 1.29 is 9.47 Å². The third-order valence-corrected chi connectivity index (χ3v) is 6.28. The lowest BCUT2D eigenvalue weighted by Gasteiger charge is -2.42. The molecule has 4 heteroatoms. The molecule has 0 amide bonds. The molecule has 140 valence electrons. The monoisotopic (exact) mass is 362 g/mol. The fourth-order valence-electron chi connectivity index (χ4n) is 5.09. The second-order valence-electron chi connectivity index (χ2n) is 7.80. The maximum Gasteiger partial charge on any atom is 0.119 e. The molecule has 4 rings (SSSR count). The zero-order chi connectivity index (χ0) is 18.9. The fraction of sp³-hybridized carbons (Fsp3) is 0.435. The number of nitrogens with zero attached hydrogens (tertiary/aromatic N) is 1. The predicted octanol–water partition coefficient (Wildman–Crippen LogP) is 3.79. The number of rotatable bonds is 4. The Hall–Kier alpha value is -2.35. The van der Waals surface area contributed by atoms with Gasteiger partial charge < -0.3 is 14.8 Å². The Bertz CT molecular complexity index is 873. The molecule has 0 bridgehead atoms. The van der Waals surface area contributed by atoms with Crippen molar-refractivity contribution in [2.45, 2.75) is 37.8 Å². The van der Waals surface area contributed by atoms with Crippen LogP contribution in [0.5, 0.6) is 5.75 Å². The van der Waals surface area contributed by atoms with Crippen LogP contribution in [0.1, 0.15) is 41.2 Å². The number of piperidine rings is 1. The zero-order valence-electron chi connectivity index (χ0n) is 16.0. The van der Waals surface area contributed by atoms with Gasteiger partial charge in [-0.05, 0) is 67.1 Å². The Morgan fingerprint density at radius 2 is 2.07 bits per heavy atom. The van der Waals surface area contributed by atoms with Gasteiger partial charge in [0.15, 0.2) is 0 Å². The van der Waals surface area contributed by atoms with E-state index in [1.165, 1.54) is 11.1 Å². The van der Waals surface area contributed by atoms with E-state index < -0.39 is 0 Å². The van der Waals surface area contributed by atoms with Gasteiger partial charge in [0.1, 0.15) is 5.75 Å². The number of nitriles is 1. The Kier molecular flexibility index (Phi) is 4.90. The lowest BCUT2D eigenvalue weighted by molar-refractivity contribution is -0.0290. The van der Waals surface area contributed by atoms with E-state index in [1.807, 2.05) is 31.4 Å². The van der Waals surface area contributed by atoms with Crippen molar-refractivity contribution in [3.05, 3.63) is 64.7 Å². The molecule has 1 aliphatic heterocycles. The molecule has 3 atom stereocenters. The number of methoxy groups -OCH3 is 2. The number of hydrogen-bond donors (Lipinski definition) is 1. The number of nitrogens with one attached hydrogen (secondary N) is 1. The van der Waals surface area contributed by atoms with Crippen molar-refractivity contribution >= 4 is 0 Å². The average molecular weight is 362 g/mol. The summed E-state index contributed by atoms with van der Waals surface area (Å²) >= 11 is 0. The molecule has 0 saturated carbocycles. The van der Waals surface area contributed by atoms with Gasteiger partial charge in [-0.15, -0.1) is 0 Å². The molecular weight excluding hydrogens is 336 g/mol. The van der Waals surface area contributed by atoms with E-state index in [4.69, 9.17) is 9.47 Å². The van der Waals surface area contributed by atoms with Crippen LogP contribution in [0, 0.1) is 16.7 Å². The van der Waals surface area contributed by atoms with E-state index >= 15 is 0 Å². The zero-order valence-corrected chi connectivity index (χ0v) is 16.0.